The average Bonchev–Trinajstić information content (AvgIpc) is 3.51. The Morgan fingerprint density at radius 3 is 2.14 bits per heavy atom. The number of rotatable bonds is 6. The summed E-state index contributed by atoms with van der Waals surface area (Å²) in [6.07, 6.45) is -3.07. The van der Waals surface area contributed by atoms with Crippen molar-refractivity contribution in [3.8, 4) is 34.0 Å². The Labute approximate surface area is 212 Å². The molecule has 0 atom stereocenters. The number of alkyl halides is 3. The monoisotopic (exact) mass is 502 g/mol. The van der Waals surface area contributed by atoms with Crippen LogP contribution in [0.5, 0.6) is 0 Å². The third-order valence-electron chi connectivity index (χ3n) is 6.23. The lowest BCUT2D eigenvalue weighted by Crippen LogP contribution is -2.04. The van der Waals surface area contributed by atoms with Gasteiger partial charge in [0.05, 0.1) is 0 Å². The van der Waals surface area contributed by atoms with Gasteiger partial charge in [-0.15, -0.1) is 0 Å². The second kappa shape index (κ2) is 9.69. The first-order valence-electron chi connectivity index (χ1n) is 11.9. The van der Waals surface area contributed by atoms with Crippen molar-refractivity contribution in [2.24, 2.45) is 7.05 Å². The summed E-state index contributed by atoms with van der Waals surface area (Å²) in [5, 5.41) is 4.10. The molecule has 0 aliphatic carbocycles. The number of nitrogens with zero attached hydrogens (tertiary/aromatic N) is 4. The van der Waals surface area contributed by atoms with Crippen LogP contribution in [-0.4, -0.2) is 19.7 Å². The van der Waals surface area contributed by atoms with E-state index in [0.717, 1.165) is 22.9 Å². The van der Waals surface area contributed by atoms with Crippen molar-refractivity contribution < 1.29 is 17.7 Å². The van der Waals surface area contributed by atoms with Gasteiger partial charge in [0.1, 0.15) is 5.82 Å². The van der Waals surface area contributed by atoms with Gasteiger partial charge >= 0.3 is 6.18 Å². The molecular formula is C29H25F3N4O. The van der Waals surface area contributed by atoms with Gasteiger partial charge in [-0.05, 0) is 40.3 Å². The molecule has 0 saturated carbocycles. The highest BCUT2D eigenvalue weighted by Gasteiger charge is 2.34. The normalized spacial score (nSPS) is 11.9. The standard InChI is InChI=1S/C29H25F3N4O/c1-18(2)23-6-4-5-7-24(23)20-12-14-22(15-13-20)28-34-26(35-37-28)16-19-8-10-21(11-9-19)27-33-25(17-36(27)3)29(30,31)32/h4-15,17-18H,16H2,1-3H3. The Kier molecular flexibility index (Phi) is 6.41. The molecule has 188 valence electrons. The first kappa shape index (κ1) is 24.5. The van der Waals surface area contributed by atoms with Crippen LogP contribution in [0.1, 0.15) is 42.4 Å². The largest absolute Gasteiger partial charge is 0.434 e. The van der Waals surface area contributed by atoms with Crippen LogP contribution in [0.25, 0.3) is 34.0 Å². The fraction of sp³-hybridized carbons (Fsp3) is 0.207. The van der Waals surface area contributed by atoms with Crippen molar-refractivity contribution >= 4 is 0 Å². The fourth-order valence-corrected chi connectivity index (χ4v) is 4.32. The minimum absolute atomic E-state index is 0.250. The zero-order valence-corrected chi connectivity index (χ0v) is 20.6. The van der Waals surface area contributed by atoms with Crippen molar-refractivity contribution in [1.29, 1.82) is 0 Å². The zero-order chi connectivity index (χ0) is 26.2. The van der Waals surface area contributed by atoms with Crippen LogP contribution in [0.2, 0.25) is 0 Å². The Hall–Kier alpha value is -4.20. The summed E-state index contributed by atoms with van der Waals surface area (Å²) in [4.78, 5) is 8.27. The van der Waals surface area contributed by atoms with E-state index < -0.39 is 11.9 Å². The molecule has 0 fully saturated rings. The molecule has 0 radical (unpaired) electrons. The van der Waals surface area contributed by atoms with E-state index in [1.165, 1.54) is 15.7 Å². The minimum Gasteiger partial charge on any atom is -0.334 e. The van der Waals surface area contributed by atoms with Gasteiger partial charge in [0.25, 0.3) is 5.89 Å². The highest BCUT2D eigenvalue weighted by molar-refractivity contribution is 5.70. The molecule has 0 saturated heterocycles. The Bertz CT molecular complexity index is 1510. The molecule has 0 aliphatic heterocycles. The Balaban J connectivity index is 1.30. The van der Waals surface area contributed by atoms with Crippen LogP contribution in [0.3, 0.4) is 0 Å². The van der Waals surface area contributed by atoms with Crippen molar-refractivity contribution in [3.63, 3.8) is 0 Å². The summed E-state index contributed by atoms with van der Waals surface area (Å²) in [6.45, 7) is 4.37. The summed E-state index contributed by atoms with van der Waals surface area (Å²) in [5.74, 6) is 1.63. The SMILES string of the molecule is CC(C)c1ccccc1-c1ccc(-c2nc(Cc3ccc(-c4nc(C(F)(F)F)cn4C)cc3)no2)cc1. The van der Waals surface area contributed by atoms with Crippen LogP contribution in [0.4, 0.5) is 13.2 Å². The summed E-state index contributed by atoms with van der Waals surface area (Å²) in [6, 6.07) is 23.6. The van der Waals surface area contributed by atoms with Crippen LogP contribution in [0, 0.1) is 0 Å². The number of aryl methyl sites for hydroxylation is 1. The number of benzene rings is 3. The molecule has 5 aromatic rings. The second-order valence-electron chi connectivity index (χ2n) is 9.27. The van der Waals surface area contributed by atoms with Crippen molar-refractivity contribution in [2.75, 3.05) is 0 Å². The molecule has 5 nitrogen and oxygen atoms in total. The number of hydrogen-bond donors (Lipinski definition) is 0. The minimum atomic E-state index is -4.48. The van der Waals surface area contributed by atoms with Gasteiger partial charge in [-0.25, -0.2) is 4.98 Å². The summed E-state index contributed by atoms with van der Waals surface area (Å²) < 4.78 is 45.8. The quantitative estimate of drug-likeness (QED) is 0.241. The molecular weight excluding hydrogens is 477 g/mol. The summed E-state index contributed by atoms with van der Waals surface area (Å²) >= 11 is 0. The van der Waals surface area contributed by atoms with E-state index in [0.29, 0.717) is 29.6 Å². The van der Waals surface area contributed by atoms with Gasteiger partial charge < -0.3 is 9.09 Å². The fourth-order valence-electron chi connectivity index (χ4n) is 4.32. The van der Waals surface area contributed by atoms with Crippen LogP contribution in [0.15, 0.2) is 83.5 Å². The molecule has 8 heteroatoms. The summed E-state index contributed by atoms with van der Waals surface area (Å²) in [5.41, 5.74) is 5.05. The average molecular weight is 503 g/mol. The van der Waals surface area contributed by atoms with Gasteiger partial charge in [-0.3, -0.25) is 0 Å². The van der Waals surface area contributed by atoms with E-state index in [1.54, 1.807) is 19.2 Å². The van der Waals surface area contributed by atoms with Gasteiger partial charge in [0.2, 0.25) is 0 Å². The molecule has 2 heterocycles. The third kappa shape index (κ3) is 5.18. The maximum absolute atomic E-state index is 13.0. The molecule has 0 amide bonds. The van der Waals surface area contributed by atoms with E-state index in [1.807, 2.05) is 30.3 Å². The molecule has 0 aliphatic rings. The number of imidazole rings is 1. The highest BCUT2D eigenvalue weighted by atomic mass is 19.4. The molecule has 0 N–H and O–H groups in total. The lowest BCUT2D eigenvalue weighted by Gasteiger charge is -2.12. The van der Waals surface area contributed by atoms with E-state index >= 15 is 0 Å². The van der Waals surface area contributed by atoms with E-state index in [9.17, 15) is 13.2 Å². The second-order valence-corrected chi connectivity index (χ2v) is 9.27. The molecule has 0 spiro atoms. The maximum atomic E-state index is 13.0. The van der Waals surface area contributed by atoms with Crippen molar-refractivity contribution in [3.05, 3.63) is 102 Å². The van der Waals surface area contributed by atoms with Crippen LogP contribution < -0.4 is 0 Å². The van der Waals surface area contributed by atoms with Gasteiger partial charge in [-0.2, -0.15) is 18.2 Å². The lowest BCUT2D eigenvalue weighted by molar-refractivity contribution is -0.140. The maximum Gasteiger partial charge on any atom is 0.434 e. The van der Waals surface area contributed by atoms with Crippen LogP contribution in [-0.2, 0) is 19.6 Å². The molecule has 3 aromatic carbocycles. The van der Waals surface area contributed by atoms with Gasteiger partial charge in [0.15, 0.2) is 11.5 Å². The Morgan fingerprint density at radius 1 is 0.838 bits per heavy atom. The predicted molar refractivity (Wildman–Crippen MR) is 136 cm³/mol. The van der Waals surface area contributed by atoms with E-state index in [-0.39, 0.29) is 5.82 Å². The van der Waals surface area contributed by atoms with Gasteiger partial charge in [-0.1, -0.05) is 79.7 Å². The third-order valence-corrected chi connectivity index (χ3v) is 6.23. The highest BCUT2D eigenvalue weighted by Crippen LogP contribution is 2.32. The first-order chi connectivity index (χ1) is 17.7. The molecule has 0 bridgehead atoms. The Morgan fingerprint density at radius 2 is 1.49 bits per heavy atom. The number of hydrogen-bond acceptors (Lipinski definition) is 4. The predicted octanol–water partition coefficient (Wildman–Crippen LogP) is 7.54. The topological polar surface area (TPSA) is 56.7 Å². The smallest absolute Gasteiger partial charge is 0.334 e. The number of aromatic nitrogens is 4. The van der Waals surface area contributed by atoms with Crippen molar-refractivity contribution in [2.45, 2.75) is 32.4 Å². The molecule has 5 rings (SSSR count). The van der Waals surface area contributed by atoms with Gasteiger partial charge in [0, 0.05) is 30.8 Å². The molecule has 37 heavy (non-hydrogen) atoms. The van der Waals surface area contributed by atoms with E-state index in [2.05, 4.69) is 59.3 Å². The molecule has 2 aromatic heterocycles. The first-order valence-corrected chi connectivity index (χ1v) is 11.9. The lowest BCUT2D eigenvalue weighted by atomic mass is 9.92. The van der Waals surface area contributed by atoms with Crippen LogP contribution >= 0.6 is 0 Å². The van der Waals surface area contributed by atoms with Crippen molar-refractivity contribution in [1.82, 2.24) is 19.7 Å². The van der Waals surface area contributed by atoms with E-state index in [4.69, 9.17) is 4.52 Å². The zero-order valence-electron chi connectivity index (χ0n) is 20.6. The number of halogens is 3. The summed E-state index contributed by atoms with van der Waals surface area (Å²) in [7, 11) is 1.54. The molecule has 0 unspecified atom stereocenters.